The number of rotatable bonds is 12. The summed E-state index contributed by atoms with van der Waals surface area (Å²) in [6, 6.07) is 10.1. The molecule has 1 atom stereocenters. The first kappa shape index (κ1) is 40.0. The number of aromatic amines is 1. The van der Waals surface area contributed by atoms with Crippen LogP contribution < -0.4 is 25.5 Å². The lowest BCUT2D eigenvalue weighted by Gasteiger charge is -2.32. The number of H-pyrrole nitrogens is 1. The number of alkyl halides is 6. The lowest BCUT2D eigenvalue weighted by atomic mass is 9.91. The van der Waals surface area contributed by atoms with Crippen LogP contribution in [0.1, 0.15) is 35.0 Å². The van der Waals surface area contributed by atoms with Gasteiger partial charge < -0.3 is 14.4 Å². The first-order valence-corrected chi connectivity index (χ1v) is 18.8. The van der Waals surface area contributed by atoms with Gasteiger partial charge in [0.25, 0.3) is 11.1 Å². The highest BCUT2D eigenvalue weighted by molar-refractivity contribution is 7.15. The maximum absolute atomic E-state index is 13.1. The second-order valence-electron chi connectivity index (χ2n) is 13.5. The van der Waals surface area contributed by atoms with E-state index in [0.717, 1.165) is 21.1 Å². The number of nitrogens with one attached hydrogen (secondary N) is 1. The monoisotopic (exact) mass is 853 g/mol. The van der Waals surface area contributed by atoms with Crippen LogP contribution in [-0.2, 0) is 13.1 Å². The molecule has 1 fully saturated rings. The molecule has 0 amide bonds. The Kier molecular flexibility index (Phi) is 10.9. The van der Waals surface area contributed by atoms with Crippen molar-refractivity contribution in [3.8, 4) is 34.5 Å². The second-order valence-corrected chi connectivity index (χ2v) is 14.5. The first-order chi connectivity index (χ1) is 28.7. The van der Waals surface area contributed by atoms with Gasteiger partial charge in [0.1, 0.15) is 5.01 Å². The zero-order valence-electron chi connectivity index (χ0n) is 30.8. The van der Waals surface area contributed by atoms with Gasteiger partial charge in [-0.1, -0.05) is 17.4 Å². The molecule has 1 N–H and O–H groups in total. The molecule has 1 saturated heterocycles. The van der Waals surface area contributed by atoms with Gasteiger partial charge in [-0.05, 0) is 42.7 Å². The average molecular weight is 854 g/mol. The van der Waals surface area contributed by atoms with E-state index in [1.165, 1.54) is 58.9 Å². The van der Waals surface area contributed by atoms with Crippen LogP contribution in [0.3, 0.4) is 0 Å². The smallest absolute Gasteiger partial charge is 0.422 e. The van der Waals surface area contributed by atoms with Gasteiger partial charge in [-0.25, -0.2) is 24.3 Å². The van der Waals surface area contributed by atoms with Crippen LogP contribution in [0.25, 0.3) is 33.4 Å². The maximum atomic E-state index is 13.1. The second kappa shape index (κ2) is 16.4. The summed E-state index contributed by atoms with van der Waals surface area (Å²) in [4.78, 5) is 43.8. The van der Waals surface area contributed by atoms with Crippen molar-refractivity contribution in [1.82, 2.24) is 59.9 Å². The van der Waals surface area contributed by atoms with Gasteiger partial charge in [-0.15, -0.1) is 10.2 Å². The summed E-state index contributed by atoms with van der Waals surface area (Å²) in [7, 11) is 0. The van der Waals surface area contributed by atoms with Crippen molar-refractivity contribution in [2.24, 2.45) is 0 Å². The van der Waals surface area contributed by atoms with Crippen molar-refractivity contribution in [1.29, 1.82) is 0 Å². The number of anilines is 1. The molecule has 0 spiro atoms. The standard InChI is InChI=1S/C36H29F6N13O4S/c37-35(38,39)18-58-32-43-11-23(12-44-32)26-5-7-30(57)55(51-26)17-28-49-50-34(60-28)53-9-1-2-21(16-53)31-24(14-45-33(47-31)59-19-36(40,41)42)27-6-8-29(56)54(52-27)15-20-3-4-25-22(10-20)13-46-48-25/h3-8,10-14,21H,1-2,9,15-19H2,(H,46,48). The summed E-state index contributed by atoms with van der Waals surface area (Å²) in [6.07, 6.45) is -2.53. The molecule has 310 valence electrons. The van der Waals surface area contributed by atoms with Crippen LogP contribution in [0.5, 0.6) is 12.0 Å². The van der Waals surface area contributed by atoms with Gasteiger partial charge in [-0.2, -0.15) is 46.6 Å². The van der Waals surface area contributed by atoms with Crippen molar-refractivity contribution >= 4 is 27.4 Å². The van der Waals surface area contributed by atoms with E-state index in [1.807, 2.05) is 23.1 Å². The van der Waals surface area contributed by atoms with E-state index in [9.17, 15) is 35.9 Å². The van der Waals surface area contributed by atoms with Crippen LogP contribution in [-0.4, -0.2) is 98.5 Å². The van der Waals surface area contributed by atoms with E-state index < -0.39 is 43.1 Å². The van der Waals surface area contributed by atoms with Crippen molar-refractivity contribution in [2.75, 3.05) is 31.2 Å². The Labute approximate surface area is 336 Å². The first-order valence-electron chi connectivity index (χ1n) is 18.0. The van der Waals surface area contributed by atoms with Gasteiger partial charge >= 0.3 is 24.4 Å². The highest BCUT2D eigenvalue weighted by Crippen LogP contribution is 2.36. The van der Waals surface area contributed by atoms with Crippen molar-refractivity contribution in [3.63, 3.8) is 0 Å². The van der Waals surface area contributed by atoms with Crippen LogP contribution in [0.15, 0.2) is 76.8 Å². The molecule has 0 aliphatic carbocycles. The largest absolute Gasteiger partial charge is 0.454 e. The quantitative estimate of drug-likeness (QED) is 0.165. The number of hydrogen-bond acceptors (Lipinski definition) is 15. The summed E-state index contributed by atoms with van der Waals surface area (Å²) in [5, 5.41) is 26.3. The van der Waals surface area contributed by atoms with E-state index in [-0.39, 0.29) is 30.3 Å². The molecule has 8 rings (SSSR count). The molecule has 6 aromatic heterocycles. The Balaban J connectivity index is 1.02. The summed E-state index contributed by atoms with van der Waals surface area (Å²) in [5.41, 5.74) is 2.45. The number of aromatic nitrogens is 12. The highest BCUT2D eigenvalue weighted by atomic mass is 32.1. The SMILES string of the molecule is O=c1ccc(-c2cnc(OCC(F)(F)F)nc2)nn1Cc1nnc(N2CCCC(c3nc(OCC(F)(F)F)ncc3-c3ccc(=O)n(Cc4ccc5[nH]ncc5c4)n3)C2)s1. The zero-order chi connectivity index (χ0) is 42.0. The van der Waals surface area contributed by atoms with Crippen LogP contribution in [0, 0.1) is 0 Å². The summed E-state index contributed by atoms with van der Waals surface area (Å²) < 4.78 is 88.8. The van der Waals surface area contributed by atoms with Crippen molar-refractivity contribution in [2.45, 2.75) is 44.2 Å². The fourth-order valence-electron chi connectivity index (χ4n) is 6.40. The predicted molar refractivity (Wildman–Crippen MR) is 201 cm³/mol. The molecule has 0 saturated carbocycles. The number of fused-ring (bicyclic) bond motifs is 1. The molecule has 17 nitrogen and oxygen atoms in total. The third kappa shape index (κ3) is 9.54. The maximum Gasteiger partial charge on any atom is 0.422 e. The zero-order valence-corrected chi connectivity index (χ0v) is 31.6. The van der Waals surface area contributed by atoms with Crippen LogP contribution in [0.4, 0.5) is 31.5 Å². The Bertz CT molecular complexity index is 2760. The molecular weight excluding hydrogens is 825 g/mol. The molecule has 1 unspecified atom stereocenters. The minimum atomic E-state index is -4.63. The molecule has 24 heteroatoms. The molecule has 7 aromatic rings. The fraction of sp³-hybridized carbons (Fsp3) is 0.306. The Hall–Kier alpha value is -6.85. The number of hydrogen-bond donors (Lipinski definition) is 1. The summed E-state index contributed by atoms with van der Waals surface area (Å²) in [5.74, 6) is -0.378. The molecule has 1 aromatic carbocycles. The Morgan fingerprint density at radius 1 is 0.783 bits per heavy atom. The van der Waals surface area contributed by atoms with Gasteiger partial charge in [0.15, 0.2) is 13.2 Å². The van der Waals surface area contributed by atoms with Crippen LogP contribution in [0.2, 0.25) is 0 Å². The normalized spacial score (nSPS) is 14.8. The minimum absolute atomic E-state index is 0.0669. The average Bonchev–Trinajstić information content (AvgIpc) is 3.90. The molecule has 1 aliphatic heterocycles. The van der Waals surface area contributed by atoms with Gasteiger partial charge in [0.05, 0.1) is 41.9 Å². The lowest BCUT2D eigenvalue weighted by molar-refractivity contribution is -0.155. The van der Waals surface area contributed by atoms with E-state index >= 15 is 0 Å². The van der Waals surface area contributed by atoms with Crippen molar-refractivity contribution < 1.29 is 35.8 Å². The summed E-state index contributed by atoms with van der Waals surface area (Å²) >= 11 is 1.20. The predicted octanol–water partition coefficient (Wildman–Crippen LogP) is 4.80. The molecule has 0 radical (unpaired) electrons. The van der Waals surface area contributed by atoms with Gasteiger partial charge in [0.2, 0.25) is 5.13 Å². The molecule has 1 aliphatic rings. The van der Waals surface area contributed by atoms with Gasteiger partial charge in [0, 0.05) is 66.2 Å². The lowest BCUT2D eigenvalue weighted by Crippen LogP contribution is -2.35. The number of benzene rings is 1. The van der Waals surface area contributed by atoms with Crippen molar-refractivity contribution in [3.05, 3.63) is 104 Å². The minimum Gasteiger partial charge on any atom is -0.454 e. The number of ether oxygens (including phenoxy) is 2. The fourth-order valence-corrected chi connectivity index (χ4v) is 7.25. The Morgan fingerprint density at radius 3 is 2.22 bits per heavy atom. The summed E-state index contributed by atoms with van der Waals surface area (Å²) in [6.45, 7) is -2.21. The molecule has 7 heterocycles. The molecule has 0 bridgehead atoms. The number of halogens is 6. The number of piperidine rings is 1. The topological polar surface area (TPSA) is 198 Å². The van der Waals surface area contributed by atoms with E-state index in [4.69, 9.17) is 4.74 Å². The van der Waals surface area contributed by atoms with Crippen LogP contribution >= 0.6 is 11.3 Å². The highest BCUT2D eigenvalue weighted by Gasteiger charge is 2.32. The van der Waals surface area contributed by atoms with E-state index in [1.54, 1.807) is 6.20 Å². The van der Waals surface area contributed by atoms with E-state index in [0.29, 0.717) is 58.6 Å². The third-order valence-electron chi connectivity index (χ3n) is 9.12. The van der Waals surface area contributed by atoms with Gasteiger partial charge in [-0.3, -0.25) is 14.7 Å². The molecule has 60 heavy (non-hydrogen) atoms. The Morgan fingerprint density at radius 2 is 1.47 bits per heavy atom. The third-order valence-corrected chi connectivity index (χ3v) is 10.1. The number of nitrogens with zero attached hydrogens (tertiary/aromatic N) is 12. The molecular formula is C36H29F6N13O4S. The van der Waals surface area contributed by atoms with E-state index in [2.05, 4.69) is 55.3 Å².